The SMILES string of the molecule is O=C(c1ccccc1)N1C(=O)c2ccccc2OC1c1cccc([N+](=O)[O-])c1. The number of imide groups is 1. The number of carbonyl (C=O) groups is 2. The number of rotatable bonds is 3. The Morgan fingerprint density at radius 2 is 1.68 bits per heavy atom. The topological polar surface area (TPSA) is 89.8 Å². The lowest BCUT2D eigenvalue weighted by Gasteiger charge is -2.35. The van der Waals surface area contributed by atoms with Gasteiger partial charge in [0.15, 0.2) is 0 Å². The van der Waals surface area contributed by atoms with Gasteiger partial charge in [-0.1, -0.05) is 42.5 Å². The van der Waals surface area contributed by atoms with Crippen molar-refractivity contribution < 1.29 is 19.2 Å². The van der Waals surface area contributed by atoms with Crippen molar-refractivity contribution in [2.75, 3.05) is 0 Å². The lowest BCUT2D eigenvalue weighted by molar-refractivity contribution is -0.385. The van der Waals surface area contributed by atoms with Gasteiger partial charge in [-0.3, -0.25) is 19.7 Å². The highest BCUT2D eigenvalue weighted by atomic mass is 16.6. The first-order valence-electron chi connectivity index (χ1n) is 8.49. The molecular weight excluding hydrogens is 360 g/mol. The van der Waals surface area contributed by atoms with Crippen LogP contribution in [0.4, 0.5) is 5.69 Å². The van der Waals surface area contributed by atoms with Crippen LogP contribution in [0.15, 0.2) is 78.9 Å². The Hall–Kier alpha value is -4.00. The van der Waals surface area contributed by atoms with E-state index in [9.17, 15) is 19.7 Å². The van der Waals surface area contributed by atoms with Crippen molar-refractivity contribution in [3.05, 3.63) is 106 Å². The Balaban J connectivity index is 1.84. The van der Waals surface area contributed by atoms with Crippen LogP contribution < -0.4 is 4.74 Å². The maximum absolute atomic E-state index is 13.1. The van der Waals surface area contributed by atoms with Gasteiger partial charge in [0.2, 0.25) is 6.23 Å². The van der Waals surface area contributed by atoms with Crippen molar-refractivity contribution in [1.29, 1.82) is 0 Å². The van der Waals surface area contributed by atoms with Crippen LogP contribution in [0.5, 0.6) is 5.75 Å². The lowest BCUT2D eigenvalue weighted by atomic mass is 10.0. The molecule has 0 aromatic heterocycles. The molecule has 1 unspecified atom stereocenters. The molecule has 0 aliphatic carbocycles. The molecule has 7 heteroatoms. The Morgan fingerprint density at radius 3 is 2.43 bits per heavy atom. The van der Waals surface area contributed by atoms with Crippen molar-refractivity contribution in [1.82, 2.24) is 4.90 Å². The summed E-state index contributed by atoms with van der Waals surface area (Å²) in [6, 6.07) is 20.7. The fourth-order valence-electron chi connectivity index (χ4n) is 3.08. The average molecular weight is 374 g/mol. The van der Waals surface area contributed by atoms with E-state index in [4.69, 9.17) is 4.74 Å². The molecule has 0 N–H and O–H groups in total. The van der Waals surface area contributed by atoms with Gasteiger partial charge in [-0.25, -0.2) is 4.90 Å². The predicted molar refractivity (Wildman–Crippen MR) is 99.8 cm³/mol. The second kappa shape index (κ2) is 6.96. The summed E-state index contributed by atoms with van der Waals surface area (Å²) in [5.74, 6) is -0.745. The third kappa shape index (κ3) is 2.99. The van der Waals surface area contributed by atoms with Gasteiger partial charge in [0, 0.05) is 23.3 Å². The Kier molecular flexibility index (Phi) is 4.33. The minimum absolute atomic E-state index is 0.153. The number of fused-ring (bicyclic) bond motifs is 1. The predicted octanol–water partition coefficient (Wildman–Crippen LogP) is 3.97. The van der Waals surface area contributed by atoms with Gasteiger partial charge < -0.3 is 4.74 Å². The fourth-order valence-corrected chi connectivity index (χ4v) is 3.08. The van der Waals surface area contributed by atoms with Crippen molar-refractivity contribution in [3.8, 4) is 5.75 Å². The number of hydrogen-bond donors (Lipinski definition) is 0. The molecule has 4 rings (SSSR count). The monoisotopic (exact) mass is 374 g/mol. The second-order valence-corrected chi connectivity index (χ2v) is 6.16. The minimum Gasteiger partial charge on any atom is -0.465 e. The summed E-state index contributed by atoms with van der Waals surface area (Å²) in [5.41, 5.74) is 0.753. The molecule has 2 amide bonds. The number of benzene rings is 3. The number of para-hydroxylation sites is 1. The lowest BCUT2D eigenvalue weighted by Crippen LogP contribution is -2.45. The van der Waals surface area contributed by atoms with Crippen LogP contribution in [0.2, 0.25) is 0 Å². The molecule has 1 aliphatic rings. The molecule has 1 atom stereocenters. The number of nitro groups is 1. The van der Waals surface area contributed by atoms with Gasteiger partial charge in [-0.2, -0.15) is 0 Å². The van der Waals surface area contributed by atoms with Crippen molar-refractivity contribution in [2.45, 2.75) is 6.23 Å². The van der Waals surface area contributed by atoms with E-state index in [1.54, 1.807) is 60.7 Å². The van der Waals surface area contributed by atoms with E-state index in [2.05, 4.69) is 0 Å². The van der Waals surface area contributed by atoms with Crippen LogP contribution in [0.3, 0.4) is 0 Å². The Labute approximate surface area is 159 Å². The highest BCUT2D eigenvalue weighted by Gasteiger charge is 2.39. The molecular formula is C21H14N2O5. The molecule has 1 aliphatic heterocycles. The van der Waals surface area contributed by atoms with Gasteiger partial charge in [0.1, 0.15) is 5.75 Å². The summed E-state index contributed by atoms with van der Waals surface area (Å²) in [4.78, 5) is 37.9. The van der Waals surface area contributed by atoms with E-state index in [0.717, 1.165) is 4.90 Å². The first-order chi connectivity index (χ1) is 13.6. The van der Waals surface area contributed by atoms with Crippen LogP contribution in [-0.2, 0) is 0 Å². The van der Waals surface area contributed by atoms with Gasteiger partial charge in [-0.05, 0) is 24.3 Å². The summed E-state index contributed by atoms with van der Waals surface area (Å²) >= 11 is 0. The first kappa shape index (κ1) is 17.4. The number of nitro benzene ring substituents is 1. The number of amides is 2. The van der Waals surface area contributed by atoms with E-state index in [-0.39, 0.29) is 11.3 Å². The number of nitrogens with zero attached hydrogens (tertiary/aromatic N) is 2. The van der Waals surface area contributed by atoms with E-state index in [1.807, 2.05) is 0 Å². The smallest absolute Gasteiger partial charge is 0.269 e. The number of non-ortho nitro benzene ring substituents is 1. The van der Waals surface area contributed by atoms with Crippen LogP contribution in [0.25, 0.3) is 0 Å². The van der Waals surface area contributed by atoms with Gasteiger partial charge in [-0.15, -0.1) is 0 Å². The molecule has 0 spiro atoms. The molecule has 0 fully saturated rings. The highest BCUT2D eigenvalue weighted by molar-refractivity contribution is 6.12. The second-order valence-electron chi connectivity index (χ2n) is 6.16. The summed E-state index contributed by atoms with van der Waals surface area (Å²) in [7, 11) is 0. The standard InChI is InChI=1S/C21H14N2O5/c24-19(14-7-2-1-3-8-14)22-20(25)17-11-4-5-12-18(17)28-21(22)15-9-6-10-16(13-15)23(26)27/h1-13,21H. The average Bonchev–Trinajstić information content (AvgIpc) is 2.74. The summed E-state index contributed by atoms with van der Waals surface area (Å²) < 4.78 is 5.94. The largest absolute Gasteiger partial charge is 0.465 e. The summed E-state index contributed by atoms with van der Waals surface area (Å²) in [6.45, 7) is 0. The van der Waals surface area contributed by atoms with Crippen LogP contribution >= 0.6 is 0 Å². The molecule has 7 nitrogen and oxygen atoms in total. The summed E-state index contributed by atoms with van der Waals surface area (Å²) in [6.07, 6.45) is -1.12. The molecule has 0 bridgehead atoms. The summed E-state index contributed by atoms with van der Waals surface area (Å²) in [5, 5.41) is 11.2. The Morgan fingerprint density at radius 1 is 0.964 bits per heavy atom. The molecule has 28 heavy (non-hydrogen) atoms. The van der Waals surface area contributed by atoms with Gasteiger partial charge >= 0.3 is 0 Å². The molecule has 3 aromatic carbocycles. The van der Waals surface area contributed by atoms with E-state index in [0.29, 0.717) is 16.9 Å². The quantitative estimate of drug-likeness (QED) is 0.393. The zero-order valence-electron chi connectivity index (χ0n) is 14.5. The molecule has 1 heterocycles. The van der Waals surface area contributed by atoms with E-state index < -0.39 is 23.0 Å². The minimum atomic E-state index is -1.12. The maximum Gasteiger partial charge on any atom is 0.269 e. The normalized spacial score (nSPS) is 15.5. The third-order valence-electron chi connectivity index (χ3n) is 4.42. The van der Waals surface area contributed by atoms with Gasteiger partial charge in [0.05, 0.1) is 10.5 Å². The molecule has 0 saturated heterocycles. The molecule has 0 radical (unpaired) electrons. The van der Waals surface area contributed by atoms with Crippen molar-refractivity contribution >= 4 is 17.5 Å². The molecule has 138 valence electrons. The van der Waals surface area contributed by atoms with Crippen LogP contribution in [-0.4, -0.2) is 21.6 Å². The van der Waals surface area contributed by atoms with Crippen molar-refractivity contribution in [2.24, 2.45) is 0 Å². The fraction of sp³-hybridized carbons (Fsp3) is 0.0476. The number of carbonyl (C=O) groups excluding carboxylic acids is 2. The third-order valence-corrected chi connectivity index (χ3v) is 4.42. The molecule has 3 aromatic rings. The van der Waals surface area contributed by atoms with Crippen molar-refractivity contribution in [3.63, 3.8) is 0 Å². The van der Waals surface area contributed by atoms with Gasteiger partial charge in [0.25, 0.3) is 17.5 Å². The first-order valence-corrected chi connectivity index (χ1v) is 8.49. The Bertz CT molecular complexity index is 1080. The molecule has 0 saturated carbocycles. The number of hydrogen-bond acceptors (Lipinski definition) is 5. The zero-order chi connectivity index (χ0) is 19.7. The zero-order valence-corrected chi connectivity index (χ0v) is 14.5. The van der Waals surface area contributed by atoms with Crippen LogP contribution in [0.1, 0.15) is 32.5 Å². The highest BCUT2D eigenvalue weighted by Crippen LogP contribution is 2.36. The maximum atomic E-state index is 13.1. The van der Waals surface area contributed by atoms with E-state index >= 15 is 0 Å². The van der Waals surface area contributed by atoms with E-state index in [1.165, 1.54) is 18.2 Å². The number of ether oxygens (including phenoxy) is 1. The van der Waals surface area contributed by atoms with Crippen LogP contribution in [0, 0.1) is 10.1 Å².